The van der Waals surface area contributed by atoms with E-state index in [1.54, 1.807) is 4.90 Å². The highest BCUT2D eigenvalue weighted by Gasteiger charge is 2.64. The van der Waals surface area contributed by atoms with Gasteiger partial charge in [-0.2, -0.15) is 0 Å². The molecule has 0 bridgehead atoms. The van der Waals surface area contributed by atoms with Crippen LogP contribution in [0.3, 0.4) is 0 Å². The van der Waals surface area contributed by atoms with Crippen molar-refractivity contribution in [3.05, 3.63) is 0 Å². The molecule has 0 N–H and O–H groups in total. The highest BCUT2D eigenvalue weighted by molar-refractivity contribution is 5.73. The molecule has 2 aliphatic rings. The Morgan fingerprint density at radius 3 is 2.56 bits per heavy atom. The zero-order valence-electron chi connectivity index (χ0n) is 16.0. The van der Waals surface area contributed by atoms with Gasteiger partial charge in [-0.1, -0.05) is 33.6 Å². The molecule has 25 heavy (non-hydrogen) atoms. The van der Waals surface area contributed by atoms with Crippen LogP contribution in [0.4, 0.5) is 0 Å². The van der Waals surface area contributed by atoms with Crippen molar-refractivity contribution in [2.24, 2.45) is 5.92 Å². The minimum atomic E-state index is -1.10. The van der Waals surface area contributed by atoms with Gasteiger partial charge in [0, 0.05) is 13.0 Å². The molecule has 2 rings (SSSR count). The van der Waals surface area contributed by atoms with Crippen molar-refractivity contribution in [3.8, 4) is 0 Å². The van der Waals surface area contributed by atoms with Gasteiger partial charge in [0.1, 0.15) is 11.8 Å². The van der Waals surface area contributed by atoms with Gasteiger partial charge >= 0.3 is 0 Å². The second-order valence-electron chi connectivity index (χ2n) is 7.48. The van der Waals surface area contributed by atoms with E-state index in [9.17, 15) is 9.59 Å². The maximum atomic E-state index is 12.2. The number of hydrogen-bond acceptors (Lipinski definition) is 5. The first-order valence-corrected chi connectivity index (χ1v) is 9.60. The summed E-state index contributed by atoms with van der Waals surface area (Å²) in [4.78, 5) is 25.6. The van der Waals surface area contributed by atoms with Crippen LogP contribution >= 0.6 is 0 Å². The second-order valence-corrected chi connectivity index (χ2v) is 7.48. The van der Waals surface area contributed by atoms with Gasteiger partial charge in [-0.25, -0.2) is 0 Å². The van der Waals surface area contributed by atoms with Gasteiger partial charge in [-0.3, -0.25) is 4.79 Å². The standard InChI is InChI=1S/C19H33NO5/c1-5-7-9-16-20(14-22)19(12-21,13-24-16)18(4)15(3)11-17(25-18)23-10-8-6-2/h12,14-17H,5-11,13H2,1-4H3/t15-,16+,17+,18+,19+/m1/s1. The van der Waals surface area contributed by atoms with Gasteiger partial charge in [0.2, 0.25) is 6.41 Å². The zero-order chi connectivity index (χ0) is 18.5. The van der Waals surface area contributed by atoms with Crippen LogP contribution in [0.5, 0.6) is 0 Å². The average molecular weight is 355 g/mol. The highest BCUT2D eigenvalue weighted by atomic mass is 16.7. The predicted octanol–water partition coefficient (Wildman–Crippen LogP) is 2.89. The summed E-state index contributed by atoms with van der Waals surface area (Å²) in [6, 6.07) is 0. The summed E-state index contributed by atoms with van der Waals surface area (Å²) in [6.07, 6.45) is 6.32. The van der Waals surface area contributed by atoms with Crippen LogP contribution in [0, 0.1) is 5.92 Å². The van der Waals surface area contributed by atoms with Crippen molar-refractivity contribution in [1.82, 2.24) is 4.90 Å². The fraction of sp³-hybridized carbons (Fsp3) is 0.895. The lowest BCUT2D eigenvalue weighted by molar-refractivity contribution is -0.202. The Morgan fingerprint density at radius 1 is 1.24 bits per heavy atom. The number of carbonyl (C=O) groups is 2. The Bertz CT molecular complexity index is 459. The van der Waals surface area contributed by atoms with Gasteiger partial charge in [0.15, 0.2) is 18.1 Å². The smallest absolute Gasteiger partial charge is 0.212 e. The van der Waals surface area contributed by atoms with Crippen LogP contribution in [0.25, 0.3) is 0 Å². The molecule has 2 heterocycles. The SMILES string of the molecule is CCCCO[C@@H]1C[C@@H](C)[C@@](C)([C@]2(C=O)CO[C@@H](CCCC)N2C=O)O1. The average Bonchev–Trinajstić information content (AvgIpc) is 3.12. The first kappa shape index (κ1) is 20.3. The van der Waals surface area contributed by atoms with Gasteiger partial charge in [0.05, 0.1) is 6.61 Å². The minimum Gasteiger partial charge on any atom is -0.355 e. The molecule has 0 radical (unpaired) electrons. The molecule has 2 fully saturated rings. The molecule has 5 atom stereocenters. The van der Waals surface area contributed by atoms with Gasteiger partial charge in [0.25, 0.3) is 0 Å². The fourth-order valence-electron chi connectivity index (χ4n) is 3.95. The molecule has 0 saturated carbocycles. The molecule has 0 aliphatic carbocycles. The van der Waals surface area contributed by atoms with Crippen LogP contribution < -0.4 is 0 Å². The van der Waals surface area contributed by atoms with Gasteiger partial charge < -0.3 is 23.9 Å². The molecule has 0 aromatic carbocycles. The van der Waals surface area contributed by atoms with E-state index < -0.39 is 11.1 Å². The lowest BCUT2D eigenvalue weighted by atomic mass is 9.74. The van der Waals surface area contributed by atoms with Crippen molar-refractivity contribution < 1.29 is 23.8 Å². The Kier molecular flexibility index (Phi) is 7.00. The molecule has 0 unspecified atom stereocenters. The summed E-state index contributed by atoms with van der Waals surface area (Å²) in [5.74, 6) is 0.0697. The molecule has 2 aliphatic heterocycles. The Balaban J connectivity index is 2.19. The zero-order valence-corrected chi connectivity index (χ0v) is 16.0. The number of hydrogen-bond donors (Lipinski definition) is 0. The van der Waals surface area contributed by atoms with Crippen molar-refractivity contribution in [1.29, 1.82) is 0 Å². The van der Waals surface area contributed by atoms with E-state index in [1.807, 2.05) is 6.92 Å². The van der Waals surface area contributed by atoms with Crippen LogP contribution in [-0.2, 0) is 23.8 Å². The monoisotopic (exact) mass is 355 g/mol. The molecule has 6 heteroatoms. The second kappa shape index (κ2) is 8.60. The molecule has 1 amide bonds. The van der Waals surface area contributed by atoms with Gasteiger partial charge in [-0.05, 0) is 32.1 Å². The number of ether oxygens (including phenoxy) is 3. The van der Waals surface area contributed by atoms with Crippen molar-refractivity contribution in [2.45, 2.75) is 89.9 Å². The van der Waals surface area contributed by atoms with E-state index in [2.05, 4.69) is 20.8 Å². The molecule has 0 aromatic rings. The van der Waals surface area contributed by atoms with Crippen LogP contribution in [-0.4, -0.2) is 54.5 Å². The molecule has 144 valence electrons. The summed E-state index contributed by atoms with van der Waals surface area (Å²) in [5, 5.41) is 0. The molecule has 0 aromatic heterocycles. The Hall–Kier alpha value is -0.980. The van der Waals surface area contributed by atoms with Crippen molar-refractivity contribution in [3.63, 3.8) is 0 Å². The van der Waals surface area contributed by atoms with E-state index >= 15 is 0 Å². The van der Waals surface area contributed by atoms with E-state index in [0.29, 0.717) is 13.0 Å². The molecule has 6 nitrogen and oxygen atoms in total. The Labute approximate surface area is 151 Å². The first-order valence-electron chi connectivity index (χ1n) is 9.60. The topological polar surface area (TPSA) is 65.1 Å². The molecular formula is C19H33NO5. The number of amides is 1. The first-order chi connectivity index (χ1) is 12.0. The van der Waals surface area contributed by atoms with E-state index in [-0.39, 0.29) is 25.0 Å². The van der Waals surface area contributed by atoms with Crippen LogP contribution in [0.15, 0.2) is 0 Å². The summed E-state index contributed by atoms with van der Waals surface area (Å²) in [5.41, 5.74) is -1.93. The molecule has 2 saturated heterocycles. The maximum Gasteiger partial charge on any atom is 0.212 e. The number of unbranched alkanes of at least 4 members (excludes halogenated alkanes) is 2. The summed E-state index contributed by atoms with van der Waals surface area (Å²) in [7, 11) is 0. The van der Waals surface area contributed by atoms with Crippen molar-refractivity contribution >= 4 is 12.7 Å². The van der Waals surface area contributed by atoms with Crippen LogP contribution in [0.1, 0.15) is 66.2 Å². The lowest BCUT2D eigenvalue weighted by Gasteiger charge is -2.45. The van der Waals surface area contributed by atoms with E-state index in [1.165, 1.54) is 0 Å². The van der Waals surface area contributed by atoms with Crippen LogP contribution in [0.2, 0.25) is 0 Å². The van der Waals surface area contributed by atoms with Gasteiger partial charge in [-0.15, -0.1) is 0 Å². The quantitative estimate of drug-likeness (QED) is 0.445. The molecular weight excluding hydrogens is 322 g/mol. The number of nitrogens with zero attached hydrogens (tertiary/aromatic N) is 1. The third-order valence-electron chi connectivity index (χ3n) is 5.90. The summed E-state index contributed by atoms with van der Waals surface area (Å²) in [6.45, 7) is 8.99. The third-order valence-corrected chi connectivity index (χ3v) is 5.90. The summed E-state index contributed by atoms with van der Waals surface area (Å²) >= 11 is 0. The van der Waals surface area contributed by atoms with E-state index in [0.717, 1.165) is 44.8 Å². The predicted molar refractivity (Wildman–Crippen MR) is 93.9 cm³/mol. The molecule has 0 spiro atoms. The van der Waals surface area contributed by atoms with Crippen molar-refractivity contribution in [2.75, 3.05) is 13.2 Å². The Morgan fingerprint density at radius 2 is 1.96 bits per heavy atom. The lowest BCUT2D eigenvalue weighted by Crippen LogP contribution is -2.66. The minimum absolute atomic E-state index is 0.0697. The fourth-order valence-corrected chi connectivity index (χ4v) is 3.95. The number of carbonyl (C=O) groups excluding carboxylic acids is 2. The number of aldehydes is 1. The third kappa shape index (κ3) is 3.62. The number of rotatable bonds is 10. The van der Waals surface area contributed by atoms with E-state index in [4.69, 9.17) is 14.2 Å². The maximum absolute atomic E-state index is 12.2. The normalized spacial score (nSPS) is 38.2. The largest absolute Gasteiger partial charge is 0.355 e. The summed E-state index contributed by atoms with van der Waals surface area (Å²) < 4.78 is 17.9. The highest BCUT2D eigenvalue weighted by Crippen LogP contribution is 2.48.